The van der Waals surface area contributed by atoms with Crippen molar-refractivity contribution in [2.24, 2.45) is 0 Å². The van der Waals surface area contributed by atoms with Crippen molar-refractivity contribution >= 4 is 28.4 Å². The summed E-state index contributed by atoms with van der Waals surface area (Å²) in [4.78, 5) is 14.9. The first kappa shape index (κ1) is 11.6. The molecule has 1 fully saturated rings. The fraction of sp³-hybridized carbons (Fsp3) is 0.267. The molecular weight excluding hydrogens is 242 g/mol. The number of amides is 1. The third kappa shape index (κ3) is 2.10. The number of carbonyl (C=O) groups is 1. The Kier molecular flexibility index (Phi) is 3.00. The summed E-state index contributed by atoms with van der Waals surface area (Å²) >= 11 is 1.69. The average molecular weight is 257 g/mol. The smallest absolute Gasteiger partial charge is 0.235 e. The number of fused-ring (bicyclic) bond motifs is 1. The third-order valence-electron chi connectivity index (χ3n) is 3.38. The van der Waals surface area contributed by atoms with Crippen LogP contribution in [0.25, 0.3) is 10.8 Å². The molecule has 0 aromatic heterocycles. The van der Waals surface area contributed by atoms with Gasteiger partial charge in [-0.15, -0.1) is 11.8 Å². The normalized spacial score (nSPS) is 19.7. The van der Waals surface area contributed by atoms with E-state index in [-0.39, 0.29) is 11.2 Å². The van der Waals surface area contributed by atoms with Gasteiger partial charge in [-0.25, -0.2) is 0 Å². The molecule has 1 heterocycles. The molecule has 1 aliphatic heterocycles. The van der Waals surface area contributed by atoms with Crippen LogP contribution in [0.2, 0.25) is 0 Å². The van der Waals surface area contributed by atoms with Crippen LogP contribution in [-0.4, -0.2) is 29.6 Å². The summed E-state index contributed by atoms with van der Waals surface area (Å²) in [5.74, 6) is 0.258. The van der Waals surface area contributed by atoms with E-state index in [1.54, 1.807) is 11.8 Å². The van der Waals surface area contributed by atoms with Gasteiger partial charge in [0.1, 0.15) is 0 Å². The van der Waals surface area contributed by atoms with Crippen LogP contribution in [0.15, 0.2) is 47.4 Å². The van der Waals surface area contributed by atoms with Crippen molar-refractivity contribution in [3.05, 3.63) is 42.5 Å². The van der Waals surface area contributed by atoms with Crippen LogP contribution in [0.4, 0.5) is 0 Å². The number of hydrogen-bond donors (Lipinski definition) is 0. The summed E-state index contributed by atoms with van der Waals surface area (Å²) in [5, 5.41) is 2.58. The monoisotopic (exact) mass is 257 g/mol. The van der Waals surface area contributed by atoms with Crippen molar-refractivity contribution in [2.75, 3.05) is 13.6 Å². The Morgan fingerprint density at radius 3 is 2.67 bits per heavy atom. The molecule has 3 heteroatoms. The molecule has 1 atom stereocenters. The van der Waals surface area contributed by atoms with E-state index in [0.717, 1.165) is 13.0 Å². The van der Waals surface area contributed by atoms with E-state index in [2.05, 4.69) is 30.3 Å². The highest BCUT2D eigenvalue weighted by Crippen LogP contribution is 2.31. The Morgan fingerprint density at radius 1 is 1.17 bits per heavy atom. The molecule has 2 aromatic rings. The molecule has 1 saturated heterocycles. The molecule has 0 spiro atoms. The number of likely N-dealkylation sites (tertiary alicyclic amines) is 1. The Labute approximate surface area is 111 Å². The summed E-state index contributed by atoms with van der Waals surface area (Å²) in [5.41, 5.74) is 0. The fourth-order valence-electron chi connectivity index (χ4n) is 2.30. The number of rotatable bonds is 2. The molecule has 0 N–H and O–H groups in total. The van der Waals surface area contributed by atoms with Crippen LogP contribution >= 0.6 is 11.8 Å². The van der Waals surface area contributed by atoms with Crippen LogP contribution in [0.1, 0.15) is 6.42 Å². The second kappa shape index (κ2) is 4.65. The van der Waals surface area contributed by atoms with Gasteiger partial charge in [0.15, 0.2) is 0 Å². The van der Waals surface area contributed by atoms with Crippen molar-refractivity contribution in [3.63, 3.8) is 0 Å². The highest BCUT2D eigenvalue weighted by molar-refractivity contribution is 8.00. The summed E-state index contributed by atoms with van der Waals surface area (Å²) in [6.07, 6.45) is 0.951. The highest BCUT2D eigenvalue weighted by atomic mass is 32.2. The third-order valence-corrected chi connectivity index (χ3v) is 4.63. The van der Waals surface area contributed by atoms with Crippen molar-refractivity contribution in [1.29, 1.82) is 0 Å². The Hall–Kier alpha value is -1.48. The van der Waals surface area contributed by atoms with Crippen molar-refractivity contribution in [1.82, 2.24) is 4.90 Å². The maximum Gasteiger partial charge on any atom is 0.235 e. The maximum absolute atomic E-state index is 11.9. The molecule has 0 bridgehead atoms. The molecule has 2 aromatic carbocycles. The van der Waals surface area contributed by atoms with Gasteiger partial charge in [-0.1, -0.05) is 30.3 Å². The van der Waals surface area contributed by atoms with Gasteiger partial charge in [0.05, 0.1) is 5.25 Å². The standard InChI is InChI=1S/C15H15NOS/c1-16-9-8-14(15(16)17)18-13-7-6-11-4-2-3-5-12(11)10-13/h2-7,10,14H,8-9H2,1H3/t14-/m1/s1. The topological polar surface area (TPSA) is 20.3 Å². The van der Waals surface area contributed by atoms with E-state index in [9.17, 15) is 4.79 Å². The van der Waals surface area contributed by atoms with Crippen LogP contribution in [0.3, 0.4) is 0 Å². The number of thioether (sulfide) groups is 1. The zero-order valence-corrected chi connectivity index (χ0v) is 11.1. The number of hydrogen-bond acceptors (Lipinski definition) is 2. The second-order valence-corrected chi connectivity index (χ2v) is 5.94. The predicted octanol–water partition coefficient (Wildman–Crippen LogP) is 3.16. The molecule has 18 heavy (non-hydrogen) atoms. The van der Waals surface area contributed by atoms with Crippen LogP contribution in [0.5, 0.6) is 0 Å². The predicted molar refractivity (Wildman–Crippen MR) is 75.8 cm³/mol. The minimum absolute atomic E-state index is 0.0937. The summed E-state index contributed by atoms with van der Waals surface area (Å²) < 4.78 is 0. The van der Waals surface area contributed by atoms with Gasteiger partial charge in [-0.3, -0.25) is 4.79 Å². The Bertz CT molecular complexity index is 596. The van der Waals surface area contributed by atoms with Crippen LogP contribution in [0, 0.1) is 0 Å². The number of benzene rings is 2. The van der Waals surface area contributed by atoms with Gasteiger partial charge in [-0.2, -0.15) is 0 Å². The van der Waals surface area contributed by atoms with Gasteiger partial charge in [-0.05, 0) is 29.3 Å². The van der Waals surface area contributed by atoms with Gasteiger partial charge >= 0.3 is 0 Å². The average Bonchev–Trinajstić information content (AvgIpc) is 2.71. The van der Waals surface area contributed by atoms with Gasteiger partial charge < -0.3 is 4.90 Å². The molecule has 92 valence electrons. The Balaban J connectivity index is 1.85. The molecule has 0 radical (unpaired) electrons. The van der Waals surface area contributed by atoms with E-state index < -0.39 is 0 Å². The van der Waals surface area contributed by atoms with Gasteiger partial charge in [0, 0.05) is 18.5 Å². The molecule has 2 nitrogen and oxygen atoms in total. The first-order valence-corrected chi connectivity index (χ1v) is 7.02. The summed E-state index contributed by atoms with van der Waals surface area (Å²) in [6, 6.07) is 14.7. The van der Waals surface area contributed by atoms with Gasteiger partial charge in [0.2, 0.25) is 5.91 Å². The second-order valence-electron chi connectivity index (χ2n) is 4.66. The molecule has 0 saturated carbocycles. The lowest BCUT2D eigenvalue weighted by Crippen LogP contribution is -2.23. The summed E-state index contributed by atoms with van der Waals surface area (Å²) in [7, 11) is 1.88. The van der Waals surface area contributed by atoms with Crippen LogP contribution < -0.4 is 0 Å². The van der Waals surface area contributed by atoms with E-state index in [4.69, 9.17) is 0 Å². The molecular formula is C15H15NOS. The lowest BCUT2D eigenvalue weighted by Gasteiger charge is -2.10. The fourth-order valence-corrected chi connectivity index (χ4v) is 3.48. The Morgan fingerprint density at radius 2 is 1.94 bits per heavy atom. The van der Waals surface area contributed by atoms with Crippen molar-refractivity contribution in [2.45, 2.75) is 16.6 Å². The minimum Gasteiger partial charge on any atom is -0.345 e. The highest BCUT2D eigenvalue weighted by Gasteiger charge is 2.29. The zero-order chi connectivity index (χ0) is 12.5. The minimum atomic E-state index is 0.0937. The van der Waals surface area contributed by atoms with Gasteiger partial charge in [0.25, 0.3) is 0 Å². The van der Waals surface area contributed by atoms with E-state index in [0.29, 0.717) is 0 Å². The van der Waals surface area contributed by atoms with E-state index in [1.165, 1.54) is 15.7 Å². The van der Waals surface area contributed by atoms with Crippen molar-refractivity contribution in [3.8, 4) is 0 Å². The molecule has 1 amide bonds. The SMILES string of the molecule is CN1CC[C@@H](Sc2ccc3ccccc3c2)C1=O. The quantitative estimate of drug-likeness (QED) is 0.823. The number of nitrogens with zero attached hydrogens (tertiary/aromatic N) is 1. The van der Waals surface area contributed by atoms with Crippen molar-refractivity contribution < 1.29 is 4.79 Å². The lowest BCUT2D eigenvalue weighted by molar-refractivity contribution is -0.126. The van der Waals surface area contributed by atoms with E-state index in [1.807, 2.05) is 24.1 Å². The summed E-state index contributed by atoms with van der Waals surface area (Å²) in [6.45, 7) is 0.879. The number of carbonyl (C=O) groups excluding carboxylic acids is 1. The largest absolute Gasteiger partial charge is 0.345 e. The first-order chi connectivity index (χ1) is 8.74. The maximum atomic E-state index is 11.9. The molecule has 0 aliphatic carbocycles. The molecule has 1 aliphatic rings. The van der Waals surface area contributed by atoms with Crippen LogP contribution in [-0.2, 0) is 4.79 Å². The molecule has 0 unspecified atom stereocenters. The van der Waals surface area contributed by atoms with E-state index >= 15 is 0 Å². The molecule has 3 rings (SSSR count). The first-order valence-electron chi connectivity index (χ1n) is 6.14. The zero-order valence-electron chi connectivity index (χ0n) is 10.3. The lowest BCUT2D eigenvalue weighted by atomic mass is 10.1.